The highest BCUT2D eigenvalue weighted by molar-refractivity contribution is 5.36. The van der Waals surface area contributed by atoms with Gasteiger partial charge >= 0.3 is 0 Å². The Labute approximate surface area is 189 Å². The van der Waals surface area contributed by atoms with Gasteiger partial charge in [-0.2, -0.15) is 0 Å². The van der Waals surface area contributed by atoms with Gasteiger partial charge in [-0.25, -0.2) is 0 Å². The first kappa shape index (κ1) is 24.5. The van der Waals surface area contributed by atoms with Crippen molar-refractivity contribution in [3.05, 3.63) is 47.6 Å². The van der Waals surface area contributed by atoms with Crippen molar-refractivity contribution in [1.29, 1.82) is 0 Å². The van der Waals surface area contributed by atoms with Crippen molar-refractivity contribution in [1.82, 2.24) is 0 Å². The Morgan fingerprint density at radius 1 is 1.10 bits per heavy atom. The van der Waals surface area contributed by atoms with Crippen LogP contribution in [-0.2, 0) is 0 Å². The second kappa shape index (κ2) is 9.00. The minimum Gasteiger partial charge on any atom is -0.393 e. The van der Waals surface area contributed by atoms with Gasteiger partial charge in [-0.15, -0.1) is 0 Å². The summed E-state index contributed by atoms with van der Waals surface area (Å²) < 4.78 is 0. The number of hydrogen-bond donors (Lipinski definition) is 3. The minimum absolute atomic E-state index is 0.226. The predicted molar refractivity (Wildman–Crippen MR) is 129 cm³/mol. The van der Waals surface area contributed by atoms with Crippen LogP contribution in [0.25, 0.3) is 0 Å². The first-order valence-corrected chi connectivity index (χ1v) is 12.2. The fraction of sp³-hybridized carbons (Fsp3) is 0.714. The molecule has 0 aromatic heterocycles. The summed E-state index contributed by atoms with van der Waals surface area (Å²) in [4.78, 5) is 0. The molecule has 3 nitrogen and oxygen atoms in total. The van der Waals surface area contributed by atoms with Crippen LogP contribution in [-0.4, -0.2) is 32.6 Å². The van der Waals surface area contributed by atoms with Gasteiger partial charge in [-0.3, -0.25) is 0 Å². The molecule has 3 aliphatic carbocycles. The number of aliphatic hydroxyl groups is 3. The average molecular weight is 429 g/mol. The minimum atomic E-state index is -1.24. The Hall–Kier alpha value is -1.16. The van der Waals surface area contributed by atoms with Gasteiger partial charge in [-0.05, 0) is 101 Å². The zero-order chi connectivity index (χ0) is 23.0. The molecule has 0 amide bonds. The van der Waals surface area contributed by atoms with E-state index in [1.807, 2.05) is 0 Å². The zero-order valence-electron chi connectivity index (χ0n) is 20.3. The monoisotopic (exact) mass is 428 g/mol. The summed E-state index contributed by atoms with van der Waals surface area (Å²) in [6.07, 6.45) is 16.8. The lowest BCUT2D eigenvalue weighted by atomic mass is 9.61. The second-order valence-electron chi connectivity index (χ2n) is 11.5. The Morgan fingerprint density at radius 3 is 2.48 bits per heavy atom. The normalized spacial score (nSPS) is 37.9. The van der Waals surface area contributed by atoms with Gasteiger partial charge in [0.2, 0.25) is 0 Å². The fourth-order valence-electron chi connectivity index (χ4n) is 6.22. The molecule has 0 aromatic rings. The summed E-state index contributed by atoms with van der Waals surface area (Å²) in [7, 11) is 0. The third-order valence-electron chi connectivity index (χ3n) is 8.82. The van der Waals surface area contributed by atoms with E-state index in [2.05, 4.69) is 38.7 Å². The van der Waals surface area contributed by atoms with Crippen LogP contribution in [0.1, 0.15) is 86.0 Å². The number of rotatable bonds is 5. The smallest absolute Gasteiger partial charge is 0.108 e. The summed E-state index contributed by atoms with van der Waals surface area (Å²) in [6.45, 7) is 13.9. The zero-order valence-corrected chi connectivity index (χ0v) is 20.3. The van der Waals surface area contributed by atoms with Crippen LogP contribution in [0, 0.1) is 23.2 Å². The van der Waals surface area contributed by atoms with E-state index in [4.69, 9.17) is 0 Å². The van der Waals surface area contributed by atoms with Crippen LogP contribution in [0.3, 0.4) is 0 Å². The van der Waals surface area contributed by atoms with Gasteiger partial charge in [0.25, 0.3) is 0 Å². The van der Waals surface area contributed by atoms with E-state index in [1.165, 1.54) is 43.3 Å². The molecule has 3 fully saturated rings. The summed E-state index contributed by atoms with van der Waals surface area (Å²) >= 11 is 0. The first-order valence-electron chi connectivity index (χ1n) is 12.2. The Kier molecular flexibility index (Phi) is 7.11. The van der Waals surface area contributed by atoms with Gasteiger partial charge in [-0.1, -0.05) is 55.9 Å². The van der Waals surface area contributed by atoms with Crippen LogP contribution >= 0.6 is 0 Å². The summed E-state index contributed by atoms with van der Waals surface area (Å²) in [6, 6.07) is 0. The predicted octanol–water partition coefficient (Wildman–Crippen LogP) is 5.87. The van der Waals surface area contributed by atoms with Crippen molar-refractivity contribution in [2.75, 3.05) is 0 Å². The Morgan fingerprint density at radius 2 is 1.81 bits per heavy atom. The van der Waals surface area contributed by atoms with Crippen LogP contribution in [0.15, 0.2) is 47.6 Å². The van der Waals surface area contributed by atoms with Crippen LogP contribution in [0.5, 0.6) is 0 Å². The van der Waals surface area contributed by atoms with Crippen LogP contribution in [0.2, 0.25) is 0 Å². The summed E-state index contributed by atoms with van der Waals surface area (Å²) in [5, 5.41) is 30.9. The van der Waals surface area contributed by atoms with Crippen molar-refractivity contribution in [3.63, 3.8) is 0 Å². The molecular formula is C28H44O3. The van der Waals surface area contributed by atoms with Crippen molar-refractivity contribution in [2.45, 2.75) is 103 Å². The number of hydrogen-bond acceptors (Lipinski definition) is 3. The highest BCUT2D eigenvalue weighted by atomic mass is 16.3. The van der Waals surface area contributed by atoms with E-state index in [-0.39, 0.29) is 11.5 Å². The molecule has 3 aliphatic rings. The molecule has 3 rings (SSSR count). The second-order valence-corrected chi connectivity index (χ2v) is 11.5. The largest absolute Gasteiger partial charge is 0.393 e. The fourth-order valence-corrected chi connectivity index (χ4v) is 6.22. The maximum Gasteiger partial charge on any atom is 0.108 e. The molecule has 174 valence electrons. The Bertz CT molecular complexity index is 764. The lowest BCUT2D eigenvalue weighted by Crippen LogP contribution is -2.46. The molecule has 0 radical (unpaired) electrons. The van der Waals surface area contributed by atoms with E-state index in [0.29, 0.717) is 17.8 Å². The van der Waals surface area contributed by atoms with Gasteiger partial charge in [0.1, 0.15) is 5.60 Å². The summed E-state index contributed by atoms with van der Waals surface area (Å²) in [5.41, 5.74) is 1.83. The molecule has 0 aliphatic heterocycles. The lowest BCUT2D eigenvalue weighted by Gasteiger charge is -2.44. The quantitative estimate of drug-likeness (QED) is 0.480. The molecular weight excluding hydrogens is 384 g/mol. The SMILES string of the molecule is C=C1CC[C@@H](O)C/C1=C/C=C1\CCC[C@]2(C)[C@@H]1CC[C@H]2[C@@H](C)/C=C/[C@](C)(O)C(C)(C)O. The lowest BCUT2D eigenvalue weighted by molar-refractivity contribution is -0.0886. The van der Waals surface area contributed by atoms with E-state index >= 15 is 0 Å². The molecule has 3 saturated carbocycles. The molecule has 31 heavy (non-hydrogen) atoms. The van der Waals surface area contributed by atoms with Gasteiger partial charge in [0.05, 0.1) is 11.7 Å². The molecule has 0 saturated heterocycles. The van der Waals surface area contributed by atoms with Crippen molar-refractivity contribution < 1.29 is 15.3 Å². The molecule has 0 spiro atoms. The topological polar surface area (TPSA) is 60.7 Å². The van der Waals surface area contributed by atoms with E-state index < -0.39 is 11.2 Å². The van der Waals surface area contributed by atoms with Crippen LogP contribution < -0.4 is 0 Å². The maximum absolute atomic E-state index is 10.6. The Balaban J connectivity index is 1.77. The van der Waals surface area contributed by atoms with E-state index in [0.717, 1.165) is 19.3 Å². The highest BCUT2D eigenvalue weighted by Gasteiger charge is 2.50. The number of aliphatic hydroxyl groups excluding tert-OH is 1. The highest BCUT2D eigenvalue weighted by Crippen LogP contribution is 2.59. The van der Waals surface area contributed by atoms with Crippen LogP contribution in [0.4, 0.5) is 0 Å². The van der Waals surface area contributed by atoms with Crippen molar-refractivity contribution in [2.24, 2.45) is 23.2 Å². The molecule has 0 aromatic carbocycles. The maximum atomic E-state index is 10.6. The van der Waals surface area contributed by atoms with Crippen molar-refractivity contribution in [3.8, 4) is 0 Å². The standard InChI is InChI=1S/C28H44O3/c1-19-9-12-23(29)18-22(19)11-10-21-8-7-16-27(5)24(13-14-25(21)27)20(2)15-17-28(6,31)26(3,4)30/h10-11,15,17,20,23-25,29-31H,1,7-9,12-14,16,18H2,2-6H3/b17-15+,21-10+,22-11-/t20-,23+,24-,25+,27-,28-/m0/s1. The number of allylic oxidation sites excluding steroid dienone is 5. The van der Waals surface area contributed by atoms with Gasteiger partial charge < -0.3 is 15.3 Å². The van der Waals surface area contributed by atoms with Gasteiger partial charge in [0.15, 0.2) is 0 Å². The van der Waals surface area contributed by atoms with Crippen molar-refractivity contribution >= 4 is 0 Å². The van der Waals surface area contributed by atoms with Gasteiger partial charge in [0, 0.05) is 0 Å². The third-order valence-corrected chi connectivity index (χ3v) is 8.82. The van der Waals surface area contributed by atoms with E-state index in [9.17, 15) is 15.3 Å². The number of fused-ring (bicyclic) bond motifs is 1. The molecule has 3 N–H and O–H groups in total. The average Bonchev–Trinajstić information content (AvgIpc) is 3.03. The molecule has 0 unspecified atom stereocenters. The molecule has 0 heterocycles. The molecule has 0 bridgehead atoms. The third kappa shape index (κ3) is 5.10. The summed E-state index contributed by atoms with van der Waals surface area (Å²) in [5.74, 6) is 1.54. The molecule has 3 heteroatoms. The first-order chi connectivity index (χ1) is 14.3. The van der Waals surface area contributed by atoms with E-state index in [1.54, 1.807) is 32.4 Å². The molecule has 6 atom stereocenters.